The summed E-state index contributed by atoms with van der Waals surface area (Å²) in [6.07, 6.45) is 2.60. The zero-order valence-electron chi connectivity index (χ0n) is 14.6. The fraction of sp³-hybridized carbons (Fsp3) is 0.368. The molecule has 1 fully saturated rings. The van der Waals surface area contributed by atoms with Gasteiger partial charge in [-0.3, -0.25) is 4.79 Å². The second-order valence-electron chi connectivity index (χ2n) is 6.20. The first-order valence-electron chi connectivity index (χ1n) is 8.68. The molecular weight excluding hydrogens is 352 g/mol. The molecule has 26 heavy (non-hydrogen) atoms. The smallest absolute Gasteiger partial charge is 0.310 e. The Morgan fingerprint density at radius 1 is 1.15 bits per heavy atom. The van der Waals surface area contributed by atoms with Crippen LogP contribution in [0.5, 0.6) is 0 Å². The van der Waals surface area contributed by atoms with Gasteiger partial charge in [-0.25, -0.2) is 13.4 Å². The van der Waals surface area contributed by atoms with Crippen LogP contribution in [0.3, 0.4) is 0 Å². The maximum atomic E-state index is 13.2. The highest BCUT2D eigenvalue weighted by molar-refractivity contribution is 7.89. The number of esters is 1. The molecule has 2 atom stereocenters. The first kappa shape index (κ1) is 18.5. The van der Waals surface area contributed by atoms with E-state index in [1.807, 2.05) is 30.3 Å². The van der Waals surface area contributed by atoms with Crippen LogP contribution in [-0.4, -0.2) is 36.8 Å². The summed E-state index contributed by atoms with van der Waals surface area (Å²) in [6, 6.07) is 14.0. The molecule has 0 N–H and O–H groups in total. The van der Waals surface area contributed by atoms with Gasteiger partial charge in [0.15, 0.2) is 5.03 Å². The predicted molar refractivity (Wildman–Crippen MR) is 96.7 cm³/mol. The number of pyridine rings is 1. The van der Waals surface area contributed by atoms with Gasteiger partial charge in [-0.05, 0) is 37.5 Å². The van der Waals surface area contributed by atoms with Crippen molar-refractivity contribution < 1.29 is 17.9 Å². The van der Waals surface area contributed by atoms with Crippen LogP contribution in [0.2, 0.25) is 0 Å². The summed E-state index contributed by atoms with van der Waals surface area (Å²) in [5.74, 6) is -0.811. The monoisotopic (exact) mass is 374 g/mol. The second-order valence-corrected chi connectivity index (χ2v) is 8.03. The highest BCUT2D eigenvalue weighted by atomic mass is 32.2. The number of piperidine rings is 1. The van der Waals surface area contributed by atoms with Gasteiger partial charge in [0.05, 0.1) is 18.6 Å². The molecule has 138 valence electrons. The highest BCUT2D eigenvalue weighted by Gasteiger charge is 2.40. The molecule has 1 aliphatic rings. The summed E-state index contributed by atoms with van der Waals surface area (Å²) in [5, 5.41) is -0.00885. The van der Waals surface area contributed by atoms with Crippen LogP contribution in [-0.2, 0) is 19.6 Å². The van der Waals surface area contributed by atoms with Crippen molar-refractivity contribution in [1.82, 2.24) is 9.29 Å². The molecule has 3 rings (SSSR count). The van der Waals surface area contributed by atoms with Crippen LogP contribution >= 0.6 is 0 Å². The number of hydrogen-bond donors (Lipinski definition) is 0. The summed E-state index contributed by atoms with van der Waals surface area (Å²) in [7, 11) is -3.83. The van der Waals surface area contributed by atoms with E-state index in [1.165, 1.54) is 16.6 Å². The lowest BCUT2D eigenvalue weighted by Crippen LogP contribution is -2.44. The van der Waals surface area contributed by atoms with E-state index in [1.54, 1.807) is 19.1 Å². The topological polar surface area (TPSA) is 76.6 Å². The molecule has 2 heterocycles. The van der Waals surface area contributed by atoms with Gasteiger partial charge in [-0.15, -0.1) is 0 Å². The average Bonchev–Trinajstić information content (AvgIpc) is 2.69. The fourth-order valence-electron chi connectivity index (χ4n) is 3.28. The first-order valence-corrected chi connectivity index (χ1v) is 10.1. The van der Waals surface area contributed by atoms with E-state index in [0.29, 0.717) is 12.8 Å². The van der Waals surface area contributed by atoms with Gasteiger partial charge in [-0.1, -0.05) is 36.4 Å². The number of ether oxygens (including phenoxy) is 1. The summed E-state index contributed by atoms with van der Waals surface area (Å²) in [5.41, 5.74) is 0.911. The van der Waals surface area contributed by atoms with Gasteiger partial charge in [-0.2, -0.15) is 4.31 Å². The maximum absolute atomic E-state index is 13.2. The van der Waals surface area contributed by atoms with Gasteiger partial charge in [0.1, 0.15) is 0 Å². The predicted octanol–water partition coefficient (Wildman–Crippen LogP) is 2.79. The van der Waals surface area contributed by atoms with Gasteiger partial charge >= 0.3 is 5.97 Å². The van der Waals surface area contributed by atoms with Crippen LogP contribution in [0, 0.1) is 5.92 Å². The molecule has 0 spiro atoms. The van der Waals surface area contributed by atoms with Crippen LogP contribution in [0.15, 0.2) is 59.8 Å². The number of rotatable bonds is 5. The molecule has 0 amide bonds. The van der Waals surface area contributed by atoms with Crippen LogP contribution < -0.4 is 0 Å². The number of nitrogens with zero attached hydrogens (tertiary/aromatic N) is 2. The maximum Gasteiger partial charge on any atom is 0.310 e. The molecule has 0 radical (unpaired) electrons. The minimum Gasteiger partial charge on any atom is -0.466 e. The largest absolute Gasteiger partial charge is 0.466 e. The molecule has 6 nitrogen and oxygen atoms in total. The van der Waals surface area contributed by atoms with Crippen molar-refractivity contribution in [3.8, 4) is 0 Å². The fourth-order valence-corrected chi connectivity index (χ4v) is 4.91. The van der Waals surface area contributed by atoms with Crippen molar-refractivity contribution >= 4 is 16.0 Å². The number of carbonyl (C=O) groups is 1. The van der Waals surface area contributed by atoms with Crippen molar-refractivity contribution in [2.45, 2.75) is 30.8 Å². The molecule has 1 aromatic heterocycles. The zero-order valence-corrected chi connectivity index (χ0v) is 15.4. The second kappa shape index (κ2) is 7.97. The number of aromatic nitrogens is 1. The molecule has 2 unspecified atom stereocenters. The van der Waals surface area contributed by atoms with E-state index >= 15 is 0 Å². The third-order valence-corrected chi connectivity index (χ3v) is 6.34. The molecule has 0 aliphatic carbocycles. The SMILES string of the molecule is CCOC(=O)C1CCC(c2ccccc2)N(S(=O)(=O)c2ccccn2)C1. The Hall–Kier alpha value is -2.25. The summed E-state index contributed by atoms with van der Waals surface area (Å²) < 4.78 is 32.9. The highest BCUT2D eigenvalue weighted by Crippen LogP contribution is 2.37. The van der Waals surface area contributed by atoms with E-state index in [0.717, 1.165) is 5.56 Å². The quantitative estimate of drug-likeness (QED) is 0.752. The van der Waals surface area contributed by atoms with Gasteiger partial charge in [0, 0.05) is 12.7 Å². The Bertz CT molecular complexity index is 840. The van der Waals surface area contributed by atoms with Crippen LogP contribution in [0.4, 0.5) is 0 Å². The minimum absolute atomic E-state index is 0.00885. The number of hydrogen-bond acceptors (Lipinski definition) is 5. The lowest BCUT2D eigenvalue weighted by Gasteiger charge is -2.37. The van der Waals surface area contributed by atoms with E-state index in [4.69, 9.17) is 4.74 Å². The van der Waals surface area contributed by atoms with Crippen LogP contribution in [0.25, 0.3) is 0 Å². The number of carbonyl (C=O) groups excluding carboxylic acids is 1. The molecule has 0 saturated carbocycles. The summed E-state index contributed by atoms with van der Waals surface area (Å²) in [4.78, 5) is 16.2. The van der Waals surface area contributed by atoms with Gasteiger partial charge in [0.2, 0.25) is 0 Å². The van der Waals surface area contributed by atoms with Crippen molar-refractivity contribution in [3.05, 3.63) is 60.3 Å². The van der Waals surface area contributed by atoms with Gasteiger partial charge < -0.3 is 4.74 Å². The van der Waals surface area contributed by atoms with Crippen LogP contribution in [0.1, 0.15) is 31.4 Å². The minimum atomic E-state index is -3.83. The van der Waals surface area contributed by atoms with E-state index in [2.05, 4.69) is 4.98 Å². The third-order valence-electron chi connectivity index (χ3n) is 4.55. The Labute approximate surface area is 153 Å². The lowest BCUT2D eigenvalue weighted by atomic mass is 9.91. The molecule has 1 saturated heterocycles. The Kier molecular flexibility index (Phi) is 5.68. The van der Waals surface area contributed by atoms with Crippen molar-refractivity contribution in [2.75, 3.05) is 13.2 Å². The molecular formula is C19H22N2O4S. The molecule has 2 aromatic rings. The van der Waals surface area contributed by atoms with E-state index in [9.17, 15) is 13.2 Å². The Morgan fingerprint density at radius 3 is 2.54 bits per heavy atom. The zero-order chi connectivity index (χ0) is 18.6. The molecule has 0 bridgehead atoms. The van der Waals surface area contributed by atoms with E-state index in [-0.39, 0.29) is 30.2 Å². The average molecular weight is 374 g/mol. The van der Waals surface area contributed by atoms with E-state index < -0.39 is 15.9 Å². The third kappa shape index (κ3) is 3.78. The molecule has 7 heteroatoms. The normalized spacial score (nSPS) is 21.3. The summed E-state index contributed by atoms with van der Waals surface area (Å²) in [6.45, 7) is 2.12. The summed E-state index contributed by atoms with van der Waals surface area (Å²) >= 11 is 0. The van der Waals surface area contributed by atoms with Crippen molar-refractivity contribution in [3.63, 3.8) is 0 Å². The lowest BCUT2D eigenvalue weighted by molar-refractivity contribution is -0.149. The van der Waals surface area contributed by atoms with Crippen molar-refractivity contribution in [2.24, 2.45) is 5.92 Å². The first-order chi connectivity index (χ1) is 12.5. The molecule has 1 aromatic carbocycles. The Balaban J connectivity index is 1.97. The van der Waals surface area contributed by atoms with Gasteiger partial charge in [0.25, 0.3) is 10.0 Å². The standard InChI is InChI=1S/C19H22N2O4S/c1-2-25-19(22)16-11-12-17(15-8-4-3-5-9-15)21(14-16)26(23,24)18-10-6-7-13-20-18/h3-10,13,16-17H,2,11-12,14H2,1H3. The number of benzene rings is 1. The number of sulfonamides is 1. The Morgan fingerprint density at radius 2 is 1.88 bits per heavy atom. The van der Waals surface area contributed by atoms with Crippen molar-refractivity contribution in [1.29, 1.82) is 0 Å². The molecule has 1 aliphatic heterocycles.